The Labute approximate surface area is 149 Å². The van der Waals surface area contributed by atoms with E-state index >= 15 is 0 Å². The molecule has 2 N–H and O–H groups in total. The molecule has 6 nitrogen and oxygen atoms in total. The number of hydrogen-bond donors (Lipinski definition) is 2. The maximum atomic E-state index is 5.86. The van der Waals surface area contributed by atoms with Gasteiger partial charge in [-0.3, -0.25) is 4.99 Å². The van der Waals surface area contributed by atoms with Gasteiger partial charge in [0.15, 0.2) is 5.96 Å². The van der Waals surface area contributed by atoms with Gasteiger partial charge in [0.25, 0.3) is 0 Å². The molecule has 0 saturated heterocycles. The Hall–Kier alpha value is -2.50. The Morgan fingerprint density at radius 2 is 1.96 bits per heavy atom. The highest BCUT2D eigenvalue weighted by atomic mass is 16.5. The number of aromatic nitrogens is 1. The maximum absolute atomic E-state index is 5.86. The first-order chi connectivity index (χ1) is 12.2. The first-order valence-electron chi connectivity index (χ1n) is 8.80. The first-order valence-corrected chi connectivity index (χ1v) is 8.80. The zero-order valence-electron chi connectivity index (χ0n) is 15.5. The molecule has 0 aliphatic heterocycles. The predicted molar refractivity (Wildman–Crippen MR) is 100.0 cm³/mol. The van der Waals surface area contributed by atoms with Gasteiger partial charge in [0.1, 0.15) is 17.6 Å². The Kier molecular flexibility index (Phi) is 7.32. The van der Waals surface area contributed by atoms with Crippen LogP contribution < -0.4 is 15.4 Å². The highest BCUT2D eigenvalue weighted by Crippen LogP contribution is 2.15. The third-order valence-electron chi connectivity index (χ3n) is 3.90. The summed E-state index contributed by atoms with van der Waals surface area (Å²) in [5.74, 6) is 2.53. The van der Waals surface area contributed by atoms with E-state index in [1.165, 1.54) is 0 Å². The number of benzene rings is 1. The SMILES string of the molecule is CCc1noc(CC)c1CNC(=NC)NCC(C)Oc1ccccc1. The van der Waals surface area contributed by atoms with Crippen LogP contribution in [0, 0.1) is 0 Å². The molecule has 0 aliphatic carbocycles. The molecule has 0 spiro atoms. The fourth-order valence-corrected chi connectivity index (χ4v) is 2.54. The van der Waals surface area contributed by atoms with Crippen molar-refractivity contribution in [3.8, 4) is 5.75 Å². The van der Waals surface area contributed by atoms with E-state index in [2.05, 4.69) is 34.6 Å². The van der Waals surface area contributed by atoms with E-state index in [9.17, 15) is 0 Å². The van der Waals surface area contributed by atoms with Gasteiger partial charge >= 0.3 is 0 Å². The van der Waals surface area contributed by atoms with Gasteiger partial charge in [-0.1, -0.05) is 37.2 Å². The van der Waals surface area contributed by atoms with Crippen molar-refractivity contribution in [1.82, 2.24) is 15.8 Å². The molecule has 1 aromatic heterocycles. The number of hydrogen-bond acceptors (Lipinski definition) is 4. The average Bonchev–Trinajstić information content (AvgIpc) is 3.04. The number of aryl methyl sites for hydroxylation is 2. The van der Waals surface area contributed by atoms with E-state index in [1.807, 2.05) is 37.3 Å². The molecule has 0 bridgehead atoms. The van der Waals surface area contributed by atoms with Crippen molar-refractivity contribution in [1.29, 1.82) is 0 Å². The van der Waals surface area contributed by atoms with Crippen molar-refractivity contribution in [2.24, 2.45) is 4.99 Å². The summed E-state index contributed by atoms with van der Waals surface area (Å²) in [5, 5.41) is 10.7. The van der Waals surface area contributed by atoms with Crippen molar-refractivity contribution in [3.05, 3.63) is 47.3 Å². The van der Waals surface area contributed by atoms with Crippen LogP contribution in [0.2, 0.25) is 0 Å². The highest BCUT2D eigenvalue weighted by Gasteiger charge is 2.14. The lowest BCUT2D eigenvalue weighted by molar-refractivity contribution is 0.224. The number of nitrogens with zero attached hydrogens (tertiary/aromatic N) is 2. The fourth-order valence-electron chi connectivity index (χ4n) is 2.54. The second-order valence-electron chi connectivity index (χ2n) is 5.79. The number of guanidine groups is 1. The van der Waals surface area contributed by atoms with Gasteiger partial charge in [0.2, 0.25) is 0 Å². The molecule has 0 amide bonds. The van der Waals surface area contributed by atoms with Crippen LogP contribution in [-0.4, -0.2) is 30.8 Å². The molecule has 1 heterocycles. The van der Waals surface area contributed by atoms with Crippen molar-refractivity contribution in [3.63, 3.8) is 0 Å². The van der Waals surface area contributed by atoms with Gasteiger partial charge in [-0.15, -0.1) is 0 Å². The second-order valence-corrected chi connectivity index (χ2v) is 5.79. The van der Waals surface area contributed by atoms with Crippen molar-refractivity contribution >= 4 is 5.96 Å². The topological polar surface area (TPSA) is 71.7 Å². The minimum absolute atomic E-state index is 0.0222. The van der Waals surface area contributed by atoms with Crippen molar-refractivity contribution < 1.29 is 9.26 Å². The summed E-state index contributed by atoms with van der Waals surface area (Å²) in [4.78, 5) is 4.27. The zero-order valence-corrected chi connectivity index (χ0v) is 15.5. The molecule has 0 fully saturated rings. The summed E-state index contributed by atoms with van der Waals surface area (Å²) in [6.45, 7) is 7.47. The lowest BCUT2D eigenvalue weighted by atomic mass is 10.1. The summed E-state index contributed by atoms with van der Waals surface area (Å²) in [6, 6.07) is 9.81. The normalized spacial score (nSPS) is 12.7. The first kappa shape index (κ1) is 18.8. The number of nitrogens with one attached hydrogen (secondary N) is 2. The van der Waals surface area contributed by atoms with E-state index < -0.39 is 0 Å². The van der Waals surface area contributed by atoms with Gasteiger partial charge in [-0.2, -0.15) is 0 Å². The molecule has 2 aromatic rings. The minimum atomic E-state index is 0.0222. The predicted octanol–water partition coefficient (Wildman–Crippen LogP) is 2.93. The van der Waals surface area contributed by atoms with E-state index in [4.69, 9.17) is 9.26 Å². The van der Waals surface area contributed by atoms with Crippen LogP contribution in [0.5, 0.6) is 5.75 Å². The molecular formula is C19H28N4O2. The summed E-state index contributed by atoms with van der Waals surface area (Å²) in [6.07, 6.45) is 1.71. The van der Waals surface area contributed by atoms with Gasteiger partial charge in [0, 0.05) is 25.6 Å². The van der Waals surface area contributed by atoms with Gasteiger partial charge in [-0.25, -0.2) is 0 Å². The number of aliphatic imine (C=N–C) groups is 1. The van der Waals surface area contributed by atoms with Crippen LogP contribution in [0.25, 0.3) is 0 Å². The summed E-state index contributed by atoms with van der Waals surface area (Å²) >= 11 is 0. The van der Waals surface area contributed by atoms with Crippen LogP contribution in [0.4, 0.5) is 0 Å². The monoisotopic (exact) mass is 344 g/mol. The Bertz CT molecular complexity index is 646. The van der Waals surface area contributed by atoms with E-state index in [0.29, 0.717) is 13.1 Å². The molecule has 1 unspecified atom stereocenters. The number of ether oxygens (including phenoxy) is 1. The Morgan fingerprint density at radius 3 is 2.60 bits per heavy atom. The van der Waals surface area contributed by atoms with E-state index in [1.54, 1.807) is 7.05 Å². The standard InChI is InChI=1S/C19H28N4O2/c1-5-17-16(18(6-2)25-23-17)13-22-19(20-4)21-12-14(3)24-15-10-8-7-9-11-15/h7-11,14H,5-6,12-13H2,1-4H3,(H2,20,21,22). The smallest absolute Gasteiger partial charge is 0.191 e. The van der Waals surface area contributed by atoms with Crippen molar-refractivity contribution in [2.75, 3.05) is 13.6 Å². The highest BCUT2D eigenvalue weighted by molar-refractivity contribution is 5.79. The van der Waals surface area contributed by atoms with Gasteiger partial charge in [0.05, 0.1) is 12.2 Å². The molecule has 0 saturated carbocycles. The summed E-state index contributed by atoms with van der Waals surface area (Å²) in [7, 11) is 1.76. The zero-order chi connectivity index (χ0) is 18.1. The molecule has 6 heteroatoms. The average molecular weight is 344 g/mol. The third kappa shape index (κ3) is 5.52. The second kappa shape index (κ2) is 9.71. The van der Waals surface area contributed by atoms with Crippen LogP contribution in [0.1, 0.15) is 37.8 Å². The molecule has 1 atom stereocenters. The molecule has 2 rings (SSSR count). The number of rotatable bonds is 8. The molecular weight excluding hydrogens is 316 g/mol. The molecule has 25 heavy (non-hydrogen) atoms. The largest absolute Gasteiger partial charge is 0.489 e. The molecule has 136 valence electrons. The Morgan fingerprint density at radius 1 is 1.20 bits per heavy atom. The van der Waals surface area contributed by atoms with E-state index in [-0.39, 0.29) is 6.10 Å². The Balaban J connectivity index is 1.84. The van der Waals surface area contributed by atoms with Gasteiger partial charge in [-0.05, 0) is 25.5 Å². The fraction of sp³-hybridized carbons (Fsp3) is 0.474. The quantitative estimate of drug-likeness (QED) is 0.569. The number of para-hydroxylation sites is 1. The minimum Gasteiger partial charge on any atom is -0.489 e. The van der Waals surface area contributed by atoms with E-state index in [0.717, 1.165) is 41.6 Å². The van der Waals surface area contributed by atoms with Crippen LogP contribution >= 0.6 is 0 Å². The third-order valence-corrected chi connectivity index (χ3v) is 3.90. The lowest BCUT2D eigenvalue weighted by Gasteiger charge is -2.17. The van der Waals surface area contributed by atoms with Crippen LogP contribution in [0.15, 0.2) is 39.8 Å². The van der Waals surface area contributed by atoms with Crippen LogP contribution in [-0.2, 0) is 19.4 Å². The molecule has 1 aromatic carbocycles. The molecule has 0 radical (unpaired) electrons. The van der Waals surface area contributed by atoms with Crippen LogP contribution in [0.3, 0.4) is 0 Å². The lowest BCUT2D eigenvalue weighted by Crippen LogP contribution is -2.41. The molecule has 0 aliphatic rings. The van der Waals surface area contributed by atoms with Gasteiger partial charge < -0.3 is 19.9 Å². The van der Waals surface area contributed by atoms with Crippen molar-refractivity contribution in [2.45, 2.75) is 46.3 Å². The summed E-state index contributed by atoms with van der Waals surface area (Å²) < 4.78 is 11.3. The maximum Gasteiger partial charge on any atom is 0.191 e. The summed E-state index contributed by atoms with van der Waals surface area (Å²) in [5.41, 5.74) is 2.13.